The Morgan fingerprint density at radius 1 is 1.47 bits per heavy atom. The molecule has 0 aliphatic heterocycles. The molecule has 1 aromatic rings. The Kier molecular flexibility index (Phi) is 5.92. The van der Waals surface area contributed by atoms with E-state index < -0.39 is 10.0 Å². The van der Waals surface area contributed by atoms with Crippen molar-refractivity contribution in [1.29, 1.82) is 0 Å². The normalized spacial score (nSPS) is 13.6. The van der Waals surface area contributed by atoms with Gasteiger partial charge in [-0.3, -0.25) is 0 Å². The maximum atomic E-state index is 12.0. The number of nitrogens with one attached hydrogen (secondary N) is 1. The average molecular weight is 341 g/mol. The summed E-state index contributed by atoms with van der Waals surface area (Å²) >= 11 is 8.82. The number of alkyl halides is 1. The summed E-state index contributed by atoms with van der Waals surface area (Å²) in [5.74, 6) is 0.545. The molecular weight excluding hydrogens is 326 g/mol. The summed E-state index contributed by atoms with van der Waals surface area (Å²) in [5, 5.41) is 0. The SMILES string of the molecule is CC(CCCCl)NS(=O)(=O)c1cccc(Br)c1. The highest BCUT2D eigenvalue weighted by Gasteiger charge is 2.16. The van der Waals surface area contributed by atoms with Crippen LogP contribution in [-0.2, 0) is 10.0 Å². The molecule has 0 saturated carbocycles. The predicted octanol–water partition coefficient (Wildman–Crippen LogP) is 3.13. The molecule has 0 heterocycles. The quantitative estimate of drug-likeness (QED) is 0.809. The van der Waals surface area contributed by atoms with Crippen molar-refractivity contribution in [3.05, 3.63) is 28.7 Å². The first-order chi connectivity index (χ1) is 7.95. The lowest BCUT2D eigenvalue weighted by Gasteiger charge is -2.13. The Labute approximate surface area is 116 Å². The minimum Gasteiger partial charge on any atom is -0.208 e. The zero-order valence-corrected chi connectivity index (χ0v) is 12.6. The molecule has 6 heteroatoms. The Morgan fingerprint density at radius 2 is 2.18 bits per heavy atom. The van der Waals surface area contributed by atoms with Gasteiger partial charge in [-0.2, -0.15) is 0 Å². The van der Waals surface area contributed by atoms with Crippen molar-refractivity contribution in [1.82, 2.24) is 4.72 Å². The summed E-state index contributed by atoms with van der Waals surface area (Å²) in [6.45, 7) is 1.84. The van der Waals surface area contributed by atoms with Gasteiger partial charge in [-0.05, 0) is 38.0 Å². The van der Waals surface area contributed by atoms with Crippen molar-refractivity contribution in [3.63, 3.8) is 0 Å². The van der Waals surface area contributed by atoms with Gasteiger partial charge >= 0.3 is 0 Å². The summed E-state index contributed by atoms with van der Waals surface area (Å²) in [7, 11) is -3.44. The number of rotatable bonds is 6. The second kappa shape index (κ2) is 6.73. The first kappa shape index (κ1) is 15.0. The molecule has 0 saturated heterocycles. The Hall–Kier alpha value is -0.100. The lowest BCUT2D eigenvalue weighted by atomic mass is 10.2. The predicted molar refractivity (Wildman–Crippen MR) is 73.9 cm³/mol. The molecule has 0 radical (unpaired) electrons. The van der Waals surface area contributed by atoms with Crippen molar-refractivity contribution in [3.8, 4) is 0 Å². The second-order valence-electron chi connectivity index (χ2n) is 3.81. The fraction of sp³-hybridized carbons (Fsp3) is 0.455. The van der Waals surface area contributed by atoms with Crippen LogP contribution in [0.3, 0.4) is 0 Å². The van der Waals surface area contributed by atoms with Crippen LogP contribution in [0.1, 0.15) is 19.8 Å². The highest BCUT2D eigenvalue weighted by Crippen LogP contribution is 2.16. The summed E-state index contributed by atoms with van der Waals surface area (Å²) in [5.41, 5.74) is 0. The molecule has 0 spiro atoms. The Bertz CT molecular complexity index is 464. The fourth-order valence-corrected chi connectivity index (χ4v) is 3.44. The van der Waals surface area contributed by atoms with E-state index in [1.54, 1.807) is 24.3 Å². The van der Waals surface area contributed by atoms with Crippen LogP contribution in [0.4, 0.5) is 0 Å². The van der Waals surface area contributed by atoms with Crippen molar-refractivity contribution in [2.75, 3.05) is 5.88 Å². The lowest BCUT2D eigenvalue weighted by molar-refractivity contribution is 0.544. The molecule has 0 aromatic heterocycles. The van der Waals surface area contributed by atoms with E-state index in [1.165, 1.54) is 0 Å². The number of hydrogen-bond acceptors (Lipinski definition) is 2. The zero-order valence-electron chi connectivity index (χ0n) is 9.49. The van der Waals surface area contributed by atoms with Crippen LogP contribution in [0.5, 0.6) is 0 Å². The Morgan fingerprint density at radius 3 is 2.76 bits per heavy atom. The van der Waals surface area contributed by atoms with Gasteiger partial charge in [0.25, 0.3) is 0 Å². The lowest BCUT2D eigenvalue weighted by Crippen LogP contribution is -2.32. The molecule has 96 valence electrons. The third-order valence-electron chi connectivity index (χ3n) is 2.23. The molecule has 0 bridgehead atoms. The summed E-state index contributed by atoms with van der Waals surface area (Å²) in [6.07, 6.45) is 1.53. The molecule has 0 aliphatic rings. The first-order valence-corrected chi connectivity index (χ1v) is 8.10. The summed E-state index contributed by atoms with van der Waals surface area (Å²) in [6, 6.07) is 6.52. The van der Waals surface area contributed by atoms with Gasteiger partial charge in [0, 0.05) is 16.4 Å². The monoisotopic (exact) mass is 339 g/mol. The van der Waals surface area contributed by atoms with E-state index >= 15 is 0 Å². The molecule has 0 amide bonds. The van der Waals surface area contributed by atoms with E-state index in [9.17, 15) is 8.42 Å². The zero-order chi connectivity index (χ0) is 12.9. The van der Waals surface area contributed by atoms with Gasteiger partial charge in [-0.1, -0.05) is 22.0 Å². The van der Waals surface area contributed by atoms with Crippen molar-refractivity contribution >= 4 is 37.6 Å². The highest BCUT2D eigenvalue weighted by molar-refractivity contribution is 9.10. The van der Waals surface area contributed by atoms with Crippen molar-refractivity contribution in [2.45, 2.75) is 30.7 Å². The molecule has 0 aliphatic carbocycles. The van der Waals surface area contributed by atoms with E-state index in [0.717, 1.165) is 17.3 Å². The molecule has 1 N–H and O–H groups in total. The number of benzene rings is 1. The molecule has 1 aromatic carbocycles. The van der Waals surface area contributed by atoms with Gasteiger partial charge in [0.2, 0.25) is 10.0 Å². The molecule has 17 heavy (non-hydrogen) atoms. The average Bonchev–Trinajstić information content (AvgIpc) is 2.26. The smallest absolute Gasteiger partial charge is 0.208 e. The number of sulfonamides is 1. The maximum absolute atomic E-state index is 12.0. The van der Waals surface area contributed by atoms with Crippen LogP contribution >= 0.6 is 27.5 Å². The Balaban J connectivity index is 2.75. The van der Waals surface area contributed by atoms with Gasteiger partial charge in [0.1, 0.15) is 0 Å². The first-order valence-electron chi connectivity index (χ1n) is 5.29. The molecule has 1 atom stereocenters. The molecule has 1 rings (SSSR count). The van der Waals surface area contributed by atoms with Crippen LogP contribution in [0.25, 0.3) is 0 Å². The third-order valence-corrected chi connectivity index (χ3v) is 4.58. The fourth-order valence-electron chi connectivity index (χ4n) is 1.41. The molecular formula is C11H15BrClNO2S. The van der Waals surface area contributed by atoms with E-state index in [-0.39, 0.29) is 10.9 Å². The van der Waals surface area contributed by atoms with Crippen LogP contribution < -0.4 is 4.72 Å². The topological polar surface area (TPSA) is 46.2 Å². The van der Waals surface area contributed by atoms with Crippen LogP contribution in [0.15, 0.2) is 33.6 Å². The standard InChI is InChI=1S/C11H15BrClNO2S/c1-9(4-3-7-13)14-17(15,16)11-6-2-5-10(12)8-11/h2,5-6,8-9,14H,3-4,7H2,1H3. The molecule has 0 fully saturated rings. The molecule has 1 unspecified atom stereocenters. The van der Waals surface area contributed by atoms with E-state index in [4.69, 9.17) is 11.6 Å². The molecule has 3 nitrogen and oxygen atoms in total. The summed E-state index contributed by atoms with van der Waals surface area (Å²) < 4.78 is 27.4. The van der Waals surface area contributed by atoms with Crippen LogP contribution in [0.2, 0.25) is 0 Å². The van der Waals surface area contributed by atoms with Gasteiger partial charge in [-0.15, -0.1) is 11.6 Å². The van der Waals surface area contributed by atoms with Gasteiger partial charge in [0.15, 0.2) is 0 Å². The third kappa shape index (κ3) is 4.95. The highest BCUT2D eigenvalue weighted by atomic mass is 79.9. The number of halogens is 2. The van der Waals surface area contributed by atoms with Gasteiger partial charge < -0.3 is 0 Å². The van der Waals surface area contributed by atoms with Gasteiger partial charge in [0.05, 0.1) is 4.90 Å². The number of hydrogen-bond donors (Lipinski definition) is 1. The van der Waals surface area contributed by atoms with Crippen LogP contribution in [0, 0.1) is 0 Å². The maximum Gasteiger partial charge on any atom is 0.240 e. The van der Waals surface area contributed by atoms with Gasteiger partial charge in [-0.25, -0.2) is 13.1 Å². The largest absolute Gasteiger partial charge is 0.240 e. The van der Waals surface area contributed by atoms with Crippen molar-refractivity contribution < 1.29 is 8.42 Å². The van der Waals surface area contributed by atoms with E-state index in [0.29, 0.717) is 5.88 Å². The second-order valence-corrected chi connectivity index (χ2v) is 6.82. The van der Waals surface area contributed by atoms with Crippen LogP contribution in [-0.4, -0.2) is 20.3 Å². The summed E-state index contributed by atoms with van der Waals surface area (Å²) in [4.78, 5) is 0.268. The van der Waals surface area contributed by atoms with E-state index in [1.807, 2.05) is 6.92 Å². The van der Waals surface area contributed by atoms with Crippen molar-refractivity contribution in [2.24, 2.45) is 0 Å². The van der Waals surface area contributed by atoms with E-state index in [2.05, 4.69) is 20.7 Å². The minimum atomic E-state index is -3.44. The minimum absolute atomic E-state index is 0.113.